The molecule has 0 heterocycles. The van der Waals surface area contributed by atoms with Gasteiger partial charge in [-0.1, -0.05) is 32.6 Å². The third-order valence-corrected chi connectivity index (χ3v) is 4.75. The average molecular weight is 226 g/mol. The van der Waals surface area contributed by atoms with Gasteiger partial charge in [-0.25, -0.2) is 0 Å². The molecule has 2 aliphatic rings. The summed E-state index contributed by atoms with van der Waals surface area (Å²) in [5, 5.41) is 10.1. The van der Waals surface area contributed by atoms with E-state index >= 15 is 0 Å². The van der Waals surface area contributed by atoms with E-state index in [1.54, 1.807) is 0 Å². The largest absolute Gasteiger partial charge is 0.392 e. The van der Waals surface area contributed by atoms with E-state index in [4.69, 9.17) is 4.74 Å². The zero-order valence-corrected chi connectivity index (χ0v) is 10.7. The molecule has 1 spiro atoms. The number of rotatable bonds is 3. The number of aliphatic hydroxyl groups excluding tert-OH is 1. The van der Waals surface area contributed by atoms with Gasteiger partial charge in [0.05, 0.1) is 18.3 Å². The van der Waals surface area contributed by atoms with Crippen molar-refractivity contribution in [1.82, 2.24) is 0 Å². The van der Waals surface area contributed by atoms with Crippen molar-refractivity contribution < 1.29 is 9.84 Å². The SMILES string of the molecule is CCC(C)OC1CC(O)C12CCCCCC2. The maximum Gasteiger partial charge on any atom is 0.0684 e. The second kappa shape index (κ2) is 5.05. The molecule has 1 N–H and O–H groups in total. The molecule has 0 aromatic carbocycles. The summed E-state index contributed by atoms with van der Waals surface area (Å²) in [5.41, 5.74) is 0.125. The van der Waals surface area contributed by atoms with Crippen LogP contribution in [0.1, 0.15) is 65.2 Å². The molecule has 0 radical (unpaired) electrons. The molecule has 2 fully saturated rings. The first kappa shape index (κ1) is 12.4. The molecule has 0 bridgehead atoms. The zero-order chi connectivity index (χ0) is 11.6. The highest BCUT2D eigenvalue weighted by Crippen LogP contribution is 2.52. The second-order valence-corrected chi connectivity index (χ2v) is 5.74. The van der Waals surface area contributed by atoms with E-state index in [-0.39, 0.29) is 11.5 Å². The van der Waals surface area contributed by atoms with E-state index < -0.39 is 0 Å². The van der Waals surface area contributed by atoms with Crippen molar-refractivity contribution in [2.45, 2.75) is 83.5 Å². The van der Waals surface area contributed by atoms with E-state index in [0.29, 0.717) is 12.2 Å². The number of ether oxygens (including phenoxy) is 1. The predicted molar refractivity (Wildman–Crippen MR) is 65.4 cm³/mol. The molecule has 2 saturated carbocycles. The summed E-state index contributed by atoms with van der Waals surface area (Å²) in [5.74, 6) is 0. The summed E-state index contributed by atoms with van der Waals surface area (Å²) in [7, 11) is 0. The lowest BCUT2D eigenvalue weighted by molar-refractivity contribution is -0.213. The standard InChI is InChI=1S/C14H26O2/c1-3-11(2)16-13-10-12(15)14(13)8-6-4-5-7-9-14/h11-13,15H,3-10H2,1-2H3. The minimum Gasteiger partial charge on any atom is -0.392 e. The van der Waals surface area contributed by atoms with Gasteiger partial charge in [-0.3, -0.25) is 0 Å². The van der Waals surface area contributed by atoms with E-state index in [0.717, 1.165) is 12.8 Å². The van der Waals surface area contributed by atoms with Gasteiger partial charge in [-0.15, -0.1) is 0 Å². The Morgan fingerprint density at radius 2 is 1.88 bits per heavy atom. The predicted octanol–water partition coefficient (Wildman–Crippen LogP) is 3.28. The maximum absolute atomic E-state index is 10.1. The molecule has 0 amide bonds. The van der Waals surface area contributed by atoms with Crippen LogP contribution in [0.25, 0.3) is 0 Å². The van der Waals surface area contributed by atoms with E-state index in [2.05, 4.69) is 13.8 Å². The van der Waals surface area contributed by atoms with Crippen molar-refractivity contribution in [3.8, 4) is 0 Å². The van der Waals surface area contributed by atoms with Gasteiger partial charge < -0.3 is 9.84 Å². The smallest absolute Gasteiger partial charge is 0.0684 e. The minimum atomic E-state index is -0.0975. The highest BCUT2D eigenvalue weighted by molar-refractivity contribution is 5.04. The van der Waals surface area contributed by atoms with Crippen molar-refractivity contribution >= 4 is 0 Å². The lowest BCUT2D eigenvalue weighted by Crippen LogP contribution is -2.58. The average Bonchev–Trinajstić information content (AvgIpc) is 2.55. The summed E-state index contributed by atoms with van der Waals surface area (Å²) in [6.45, 7) is 4.31. The van der Waals surface area contributed by atoms with E-state index in [1.165, 1.54) is 38.5 Å². The second-order valence-electron chi connectivity index (χ2n) is 5.74. The van der Waals surface area contributed by atoms with Crippen LogP contribution < -0.4 is 0 Å². The Balaban J connectivity index is 1.98. The molecule has 2 aliphatic carbocycles. The van der Waals surface area contributed by atoms with E-state index in [1.807, 2.05) is 0 Å². The molecule has 0 saturated heterocycles. The van der Waals surface area contributed by atoms with Crippen LogP contribution >= 0.6 is 0 Å². The number of hydrogen-bond donors (Lipinski definition) is 1. The van der Waals surface area contributed by atoms with Gasteiger partial charge in [-0.05, 0) is 26.2 Å². The number of hydrogen-bond acceptors (Lipinski definition) is 2. The van der Waals surface area contributed by atoms with Crippen molar-refractivity contribution in [3.63, 3.8) is 0 Å². The minimum absolute atomic E-state index is 0.0975. The van der Waals surface area contributed by atoms with Crippen LogP contribution in [0.5, 0.6) is 0 Å². The molecule has 0 aromatic rings. The summed E-state index contributed by atoms with van der Waals surface area (Å²) in [6, 6.07) is 0. The van der Waals surface area contributed by atoms with Gasteiger partial charge in [-0.2, -0.15) is 0 Å². The maximum atomic E-state index is 10.1. The Morgan fingerprint density at radius 1 is 1.25 bits per heavy atom. The first-order valence-electron chi connectivity index (χ1n) is 7.02. The first-order valence-corrected chi connectivity index (χ1v) is 7.02. The number of aliphatic hydroxyl groups is 1. The Hall–Kier alpha value is -0.0800. The molecular formula is C14H26O2. The summed E-state index contributed by atoms with van der Waals surface area (Å²) in [6.07, 6.45) is 10.1. The van der Waals surface area contributed by atoms with E-state index in [9.17, 15) is 5.11 Å². The summed E-state index contributed by atoms with van der Waals surface area (Å²) >= 11 is 0. The van der Waals surface area contributed by atoms with Crippen LogP contribution in [0, 0.1) is 5.41 Å². The van der Waals surface area contributed by atoms with Gasteiger partial charge in [0, 0.05) is 11.8 Å². The van der Waals surface area contributed by atoms with Gasteiger partial charge in [0.2, 0.25) is 0 Å². The molecule has 3 atom stereocenters. The monoisotopic (exact) mass is 226 g/mol. The highest BCUT2D eigenvalue weighted by Gasteiger charge is 2.54. The first-order chi connectivity index (χ1) is 7.69. The third kappa shape index (κ3) is 2.14. The molecule has 16 heavy (non-hydrogen) atoms. The molecule has 0 aliphatic heterocycles. The van der Waals surface area contributed by atoms with Gasteiger partial charge in [0.25, 0.3) is 0 Å². The molecule has 2 nitrogen and oxygen atoms in total. The quantitative estimate of drug-likeness (QED) is 0.800. The molecule has 2 heteroatoms. The van der Waals surface area contributed by atoms with Crippen LogP contribution in [-0.2, 0) is 4.74 Å². The third-order valence-electron chi connectivity index (χ3n) is 4.75. The van der Waals surface area contributed by atoms with Crippen LogP contribution in [0.3, 0.4) is 0 Å². The summed E-state index contributed by atoms with van der Waals surface area (Å²) < 4.78 is 6.09. The fourth-order valence-corrected chi connectivity index (χ4v) is 3.34. The van der Waals surface area contributed by atoms with Crippen LogP contribution in [-0.4, -0.2) is 23.4 Å². The lowest BCUT2D eigenvalue weighted by Gasteiger charge is -2.54. The van der Waals surface area contributed by atoms with Crippen LogP contribution in [0.2, 0.25) is 0 Å². The topological polar surface area (TPSA) is 29.5 Å². The van der Waals surface area contributed by atoms with Gasteiger partial charge in [0.1, 0.15) is 0 Å². The van der Waals surface area contributed by atoms with Crippen molar-refractivity contribution in [2.24, 2.45) is 5.41 Å². The van der Waals surface area contributed by atoms with Crippen molar-refractivity contribution in [1.29, 1.82) is 0 Å². The van der Waals surface area contributed by atoms with Gasteiger partial charge >= 0.3 is 0 Å². The van der Waals surface area contributed by atoms with Crippen LogP contribution in [0.4, 0.5) is 0 Å². The Bertz CT molecular complexity index is 219. The molecule has 94 valence electrons. The molecular weight excluding hydrogens is 200 g/mol. The van der Waals surface area contributed by atoms with Crippen LogP contribution in [0.15, 0.2) is 0 Å². The lowest BCUT2D eigenvalue weighted by atomic mass is 9.59. The normalized spacial score (nSPS) is 35.4. The van der Waals surface area contributed by atoms with Gasteiger partial charge in [0.15, 0.2) is 0 Å². The van der Waals surface area contributed by atoms with Crippen molar-refractivity contribution in [2.75, 3.05) is 0 Å². The molecule has 2 rings (SSSR count). The summed E-state index contributed by atoms with van der Waals surface area (Å²) in [4.78, 5) is 0. The Labute approximate surface area is 99.4 Å². The van der Waals surface area contributed by atoms with Crippen molar-refractivity contribution in [3.05, 3.63) is 0 Å². The zero-order valence-electron chi connectivity index (χ0n) is 10.7. The Kier molecular flexibility index (Phi) is 3.91. The Morgan fingerprint density at radius 3 is 2.38 bits per heavy atom. The fraction of sp³-hybridized carbons (Fsp3) is 1.00. The highest BCUT2D eigenvalue weighted by atomic mass is 16.5. The molecule has 0 aromatic heterocycles. The fourth-order valence-electron chi connectivity index (χ4n) is 3.34. The molecule has 3 unspecified atom stereocenters.